The van der Waals surface area contributed by atoms with Crippen molar-refractivity contribution in [1.29, 1.82) is 0 Å². The molecule has 1 N–H and O–H groups in total. The molecule has 1 amide bonds. The molecule has 0 aromatic carbocycles. The van der Waals surface area contributed by atoms with Gasteiger partial charge in [0.2, 0.25) is 5.91 Å². The van der Waals surface area contributed by atoms with Crippen LogP contribution in [0.5, 0.6) is 0 Å². The van der Waals surface area contributed by atoms with Crippen LogP contribution in [0.4, 0.5) is 0 Å². The van der Waals surface area contributed by atoms with Crippen LogP contribution < -0.4 is 5.32 Å². The Balaban J connectivity index is 1.85. The van der Waals surface area contributed by atoms with E-state index in [-0.39, 0.29) is 17.5 Å². The molecule has 4 nitrogen and oxygen atoms in total. The van der Waals surface area contributed by atoms with Crippen molar-refractivity contribution < 1.29 is 4.79 Å². The van der Waals surface area contributed by atoms with Crippen molar-refractivity contribution in [2.24, 2.45) is 0 Å². The van der Waals surface area contributed by atoms with Crippen molar-refractivity contribution in [3.05, 3.63) is 16.6 Å². The van der Waals surface area contributed by atoms with Crippen molar-refractivity contribution >= 4 is 17.2 Å². The molecule has 1 aliphatic rings. The fourth-order valence-corrected chi connectivity index (χ4v) is 2.64. The van der Waals surface area contributed by atoms with Crippen LogP contribution in [0.3, 0.4) is 0 Å². The zero-order valence-corrected chi connectivity index (χ0v) is 11.4. The summed E-state index contributed by atoms with van der Waals surface area (Å²) >= 11 is 1.57. The monoisotopic (exact) mass is 253 g/mol. The summed E-state index contributed by atoms with van der Waals surface area (Å²) < 4.78 is 0. The Morgan fingerprint density at radius 1 is 1.65 bits per heavy atom. The van der Waals surface area contributed by atoms with Gasteiger partial charge in [-0.25, -0.2) is 4.98 Å². The number of carbonyl (C=O) groups excluding carboxylic acids is 1. The van der Waals surface area contributed by atoms with Crippen LogP contribution in [0.2, 0.25) is 0 Å². The van der Waals surface area contributed by atoms with Crippen molar-refractivity contribution in [3.8, 4) is 0 Å². The Kier molecular flexibility index (Phi) is 3.49. The summed E-state index contributed by atoms with van der Waals surface area (Å²) in [6.45, 7) is 8.00. The van der Waals surface area contributed by atoms with Crippen LogP contribution in [0.1, 0.15) is 32.2 Å². The molecule has 1 aromatic heterocycles. The van der Waals surface area contributed by atoms with E-state index in [1.165, 1.54) is 0 Å². The first-order valence-corrected chi connectivity index (χ1v) is 6.79. The normalized spacial score (nSPS) is 21.0. The third kappa shape index (κ3) is 2.84. The zero-order chi connectivity index (χ0) is 12.5. The number of nitrogens with zero attached hydrogens (tertiary/aromatic N) is 2. The van der Waals surface area contributed by atoms with Gasteiger partial charge in [0, 0.05) is 23.7 Å². The summed E-state index contributed by atoms with van der Waals surface area (Å²) in [4.78, 5) is 18.4. The van der Waals surface area contributed by atoms with Crippen molar-refractivity contribution in [2.75, 3.05) is 6.54 Å². The van der Waals surface area contributed by atoms with Gasteiger partial charge >= 0.3 is 0 Å². The molecule has 94 valence electrons. The Hall–Kier alpha value is -0.940. The fraction of sp³-hybridized carbons (Fsp3) is 0.667. The number of thiazole rings is 1. The molecular formula is C12H19N3OS. The van der Waals surface area contributed by atoms with Gasteiger partial charge < -0.3 is 5.32 Å². The number of hydrogen-bond donors (Lipinski definition) is 1. The molecule has 5 heteroatoms. The Morgan fingerprint density at radius 3 is 2.88 bits per heavy atom. The first-order valence-electron chi connectivity index (χ1n) is 5.91. The van der Waals surface area contributed by atoms with Gasteiger partial charge in [-0.05, 0) is 27.2 Å². The van der Waals surface area contributed by atoms with Gasteiger partial charge in [-0.2, -0.15) is 0 Å². The summed E-state index contributed by atoms with van der Waals surface area (Å²) in [5.41, 5.74) is 0.0709. The highest BCUT2D eigenvalue weighted by Gasteiger charge is 2.40. The average Bonchev–Trinajstić information content (AvgIpc) is 2.62. The number of likely N-dealkylation sites (tertiary alicyclic amines) is 1. The zero-order valence-electron chi connectivity index (χ0n) is 10.6. The quantitative estimate of drug-likeness (QED) is 0.890. The summed E-state index contributed by atoms with van der Waals surface area (Å²) in [6.07, 6.45) is 2.72. The molecule has 1 saturated heterocycles. The van der Waals surface area contributed by atoms with E-state index in [1.54, 1.807) is 17.5 Å². The number of carbonyl (C=O) groups is 1. The van der Waals surface area contributed by atoms with Gasteiger partial charge in [0.15, 0.2) is 0 Å². The second kappa shape index (κ2) is 4.74. The summed E-state index contributed by atoms with van der Waals surface area (Å²) in [6, 6.07) is 0.0370. The van der Waals surface area contributed by atoms with Crippen LogP contribution in [0.15, 0.2) is 11.6 Å². The van der Waals surface area contributed by atoms with Crippen molar-refractivity contribution in [2.45, 2.75) is 45.3 Å². The summed E-state index contributed by atoms with van der Waals surface area (Å²) in [7, 11) is 0. The minimum atomic E-state index is 0.0370. The standard InChI is InChI=1S/C12H19N3OS/c1-12(2,3)15-6-4-9(15)11(16)14-8-10-13-5-7-17-10/h5,7,9H,4,6,8H2,1-3H3,(H,14,16). The Bertz CT molecular complexity index is 383. The second-order valence-electron chi connectivity index (χ2n) is 5.31. The smallest absolute Gasteiger partial charge is 0.237 e. The fourth-order valence-electron chi connectivity index (χ4n) is 2.08. The van der Waals surface area contributed by atoms with E-state index in [9.17, 15) is 4.79 Å². The molecule has 1 aliphatic heterocycles. The van der Waals surface area contributed by atoms with E-state index in [4.69, 9.17) is 0 Å². The number of hydrogen-bond acceptors (Lipinski definition) is 4. The third-order valence-corrected chi connectivity index (χ3v) is 3.86. The first kappa shape index (κ1) is 12.5. The lowest BCUT2D eigenvalue weighted by molar-refractivity contribution is -0.135. The average molecular weight is 253 g/mol. The number of nitrogens with one attached hydrogen (secondary N) is 1. The predicted octanol–water partition coefficient (Wildman–Crippen LogP) is 1.63. The van der Waals surface area contributed by atoms with E-state index in [1.807, 2.05) is 5.38 Å². The molecule has 0 aliphatic carbocycles. The van der Waals surface area contributed by atoms with Gasteiger partial charge in [0.1, 0.15) is 5.01 Å². The lowest BCUT2D eigenvalue weighted by atomic mass is 9.93. The molecule has 0 radical (unpaired) electrons. The molecule has 2 heterocycles. The maximum Gasteiger partial charge on any atom is 0.237 e. The third-order valence-electron chi connectivity index (χ3n) is 3.08. The van der Waals surface area contributed by atoms with E-state index in [0.29, 0.717) is 6.54 Å². The summed E-state index contributed by atoms with van der Waals surface area (Å²) in [5.74, 6) is 0.126. The van der Waals surface area contributed by atoms with Gasteiger partial charge in [-0.1, -0.05) is 0 Å². The van der Waals surface area contributed by atoms with Crippen molar-refractivity contribution in [1.82, 2.24) is 15.2 Å². The molecule has 0 bridgehead atoms. The van der Waals surface area contributed by atoms with E-state index in [2.05, 4.69) is 36.0 Å². The van der Waals surface area contributed by atoms with Gasteiger partial charge in [0.25, 0.3) is 0 Å². The van der Waals surface area contributed by atoms with Crippen LogP contribution in [-0.2, 0) is 11.3 Å². The molecule has 0 saturated carbocycles. The molecule has 0 spiro atoms. The molecule has 1 unspecified atom stereocenters. The highest BCUT2D eigenvalue weighted by atomic mass is 32.1. The number of amides is 1. The molecule has 1 fully saturated rings. The maximum absolute atomic E-state index is 12.0. The topological polar surface area (TPSA) is 45.2 Å². The van der Waals surface area contributed by atoms with Crippen LogP contribution in [0, 0.1) is 0 Å². The molecule has 1 atom stereocenters. The van der Waals surface area contributed by atoms with Crippen LogP contribution >= 0.6 is 11.3 Å². The number of rotatable bonds is 3. The maximum atomic E-state index is 12.0. The van der Waals surface area contributed by atoms with Crippen LogP contribution in [-0.4, -0.2) is 33.9 Å². The van der Waals surface area contributed by atoms with Gasteiger partial charge in [-0.3, -0.25) is 9.69 Å². The molecule has 17 heavy (non-hydrogen) atoms. The van der Waals surface area contributed by atoms with Crippen molar-refractivity contribution in [3.63, 3.8) is 0 Å². The first-order chi connectivity index (χ1) is 7.98. The Morgan fingerprint density at radius 2 is 2.41 bits per heavy atom. The Labute approximate surface area is 106 Å². The molecule has 2 rings (SSSR count). The van der Waals surface area contributed by atoms with Gasteiger partial charge in [-0.15, -0.1) is 11.3 Å². The van der Waals surface area contributed by atoms with E-state index >= 15 is 0 Å². The largest absolute Gasteiger partial charge is 0.348 e. The van der Waals surface area contributed by atoms with Crippen LogP contribution in [0.25, 0.3) is 0 Å². The second-order valence-corrected chi connectivity index (χ2v) is 6.29. The minimum Gasteiger partial charge on any atom is -0.348 e. The lowest BCUT2D eigenvalue weighted by Crippen LogP contribution is -2.62. The summed E-state index contributed by atoms with van der Waals surface area (Å²) in [5, 5.41) is 5.84. The minimum absolute atomic E-state index is 0.0370. The predicted molar refractivity (Wildman–Crippen MR) is 68.8 cm³/mol. The van der Waals surface area contributed by atoms with E-state index < -0.39 is 0 Å². The SMILES string of the molecule is CC(C)(C)N1CCC1C(=O)NCc1nccs1. The lowest BCUT2D eigenvalue weighted by Gasteiger charge is -2.48. The van der Waals surface area contributed by atoms with Gasteiger partial charge in [0.05, 0.1) is 12.6 Å². The molecular weight excluding hydrogens is 234 g/mol. The highest BCUT2D eigenvalue weighted by Crippen LogP contribution is 2.27. The number of aromatic nitrogens is 1. The van der Waals surface area contributed by atoms with E-state index in [0.717, 1.165) is 18.0 Å². The highest BCUT2D eigenvalue weighted by molar-refractivity contribution is 7.09. The molecule has 1 aromatic rings.